The third kappa shape index (κ3) is 1.45. The topological polar surface area (TPSA) is 20.3 Å². The molecular weight excluding hydrogens is 174 g/mol. The summed E-state index contributed by atoms with van der Waals surface area (Å²) < 4.78 is 0. The first-order valence-corrected chi connectivity index (χ1v) is 5.85. The van der Waals surface area contributed by atoms with Gasteiger partial charge in [0.25, 0.3) is 0 Å². The highest BCUT2D eigenvalue weighted by Crippen LogP contribution is 2.61. The van der Waals surface area contributed by atoms with Crippen LogP contribution in [-0.4, -0.2) is 23.9 Å². The second-order valence-electron chi connectivity index (χ2n) is 5.44. The molecule has 2 rings (SSSR count). The highest BCUT2D eigenvalue weighted by atomic mass is 16.2. The summed E-state index contributed by atoms with van der Waals surface area (Å²) in [6, 6.07) is 0. The molecule has 2 nitrogen and oxygen atoms in total. The van der Waals surface area contributed by atoms with Crippen LogP contribution in [0.5, 0.6) is 0 Å². The summed E-state index contributed by atoms with van der Waals surface area (Å²) in [5, 5.41) is 0. The van der Waals surface area contributed by atoms with Crippen LogP contribution < -0.4 is 0 Å². The minimum atomic E-state index is 0.384. The number of likely N-dealkylation sites (tertiary alicyclic amines) is 1. The molecule has 0 radical (unpaired) electrons. The van der Waals surface area contributed by atoms with Gasteiger partial charge in [0.15, 0.2) is 0 Å². The van der Waals surface area contributed by atoms with Crippen molar-refractivity contribution in [1.82, 2.24) is 4.90 Å². The Morgan fingerprint density at radius 1 is 1.36 bits per heavy atom. The molecule has 1 amide bonds. The largest absolute Gasteiger partial charge is 0.342 e. The van der Waals surface area contributed by atoms with E-state index in [0.29, 0.717) is 11.3 Å². The molecule has 0 bridgehead atoms. The number of fused-ring (bicyclic) bond motifs is 1. The van der Waals surface area contributed by atoms with Gasteiger partial charge in [-0.1, -0.05) is 27.2 Å². The third-order valence-electron chi connectivity index (χ3n) is 4.22. The fourth-order valence-corrected chi connectivity index (χ4v) is 2.82. The van der Waals surface area contributed by atoms with Crippen molar-refractivity contribution in [1.29, 1.82) is 0 Å². The number of carbonyl (C=O) groups is 1. The fourth-order valence-electron chi connectivity index (χ4n) is 2.82. The molecule has 1 aliphatic heterocycles. The van der Waals surface area contributed by atoms with E-state index in [1.165, 1.54) is 0 Å². The number of rotatable bonds is 3. The molecule has 80 valence electrons. The van der Waals surface area contributed by atoms with Gasteiger partial charge in [-0.3, -0.25) is 4.79 Å². The summed E-state index contributed by atoms with van der Waals surface area (Å²) in [5.74, 6) is 1.98. The van der Waals surface area contributed by atoms with Crippen LogP contribution >= 0.6 is 0 Å². The zero-order valence-electron chi connectivity index (χ0n) is 9.55. The van der Waals surface area contributed by atoms with Crippen LogP contribution in [0.1, 0.15) is 40.0 Å². The second-order valence-corrected chi connectivity index (χ2v) is 5.44. The number of hydrogen-bond acceptors (Lipinski definition) is 1. The van der Waals surface area contributed by atoms with Gasteiger partial charge >= 0.3 is 0 Å². The summed E-state index contributed by atoms with van der Waals surface area (Å²) in [5.41, 5.74) is 0.529. The number of piperidine rings is 1. The first-order valence-electron chi connectivity index (χ1n) is 5.85. The first-order chi connectivity index (χ1) is 6.57. The first kappa shape index (κ1) is 10.0. The molecule has 1 saturated carbocycles. The molecule has 0 aromatic rings. The van der Waals surface area contributed by atoms with E-state index in [1.54, 1.807) is 0 Å². The molecule has 0 N–H and O–H groups in total. The molecule has 1 heterocycles. The highest BCUT2D eigenvalue weighted by molar-refractivity contribution is 5.76. The van der Waals surface area contributed by atoms with Crippen LogP contribution in [-0.2, 0) is 4.79 Å². The second kappa shape index (κ2) is 3.25. The van der Waals surface area contributed by atoms with E-state index in [9.17, 15) is 4.79 Å². The normalized spacial score (nSPS) is 32.9. The zero-order chi connectivity index (χ0) is 10.3. The number of amides is 1. The molecule has 2 aliphatic rings. The van der Waals surface area contributed by atoms with Crippen molar-refractivity contribution >= 4 is 5.91 Å². The lowest BCUT2D eigenvalue weighted by atomic mass is 10.1. The monoisotopic (exact) mass is 195 g/mol. The maximum atomic E-state index is 11.7. The minimum absolute atomic E-state index is 0.384. The Labute approximate surface area is 86.7 Å². The van der Waals surface area contributed by atoms with Gasteiger partial charge in [-0.05, 0) is 23.7 Å². The minimum Gasteiger partial charge on any atom is -0.342 e. The van der Waals surface area contributed by atoms with E-state index in [1.807, 2.05) is 0 Å². The lowest BCUT2D eigenvalue weighted by Gasteiger charge is -2.21. The van der Waals surface area contributed by atoms with E-state index in [2.05, 4.69) is 25.7 Å². The third-order valence-corrected chi connectivity index (χ3v) is 4.22. The summed E-state index contributed by atoms with van der Waals surface area (Å²) in [6.07, 6.45) is 2.93. The van der Waals surface area contributed by atoms with Crippen LogP contribution in [0, 0.1) is 17.3 Å². The molecule has 2 heteroatoms. The maximum Gasteiger partial charge on any atom is 0.222 e. The van der Waals surface area contributed by atoms with E-state index in [4.69, 9.17) is 0 Å². The molecule has 2 fully saturated rings. The number of unbranched alkanes of at least 4 members (excludes halogenated alkanes) is 1. The van der Waals surface area contributed by atoms with Crippen molar-refractivity contribution in [2.75, 3.05) is 13.1 Å². The van der Waals surface area contributed by atoms with Crippen molar-refractivity contribution in [3.05, 3.63) is 0 Å². The van der Waals surface area contributed by atoms with E-state index < -0.39 is 0 Å². The van der Waals surface area contributed by atoms with Crippen LogP contribution in [0.2, 0.25) is 0 Å². The van der Waals surface area contributed by atoms with Gasteiger partial charge in [0.05, 0.1) is 0 Å². The average molecular weight is 195 g/mol. The summed E-state index contributed by atoms with van der Waals surface area (Å²) >= 11 is 0. The van der Waals surface area contributed by atoms with Crippen LogP contribution in [0.15, 0.2) is 0 Å². The fraction of sp³-hybridized carbons (Fsp3) is 0.917. The Balaban J connectivity index is 1.79. The molecule has 1 aliphatic carbocycles. The van der Waals surface area contributed by atoms with Gasteiger partial charge in [-0.15, -0.1) is 0 Å². The molecule has 0 aromatic carbocycles. The zero-order valence-corrected chi connectivity index (χ0v) is 9.55. The molecular formula is C12H21NO. The maximum absolute atomic E-state index is 11.7. The number of carbonyl (C=O) groups excluding carboxylic acids is 1. The molecule has 2 atom stereocenters. The number of hydrogen-bond donors (Lipinski definition) is 0. The highest BCUT2D eigenvalue weighted by Gasteiger charge is 2.62. The Morgan fingerprint density at radius 2 is 1.93 bits per heavy atom. The Kier molecular flexibility index (Phi) is 2.32. The van der Waals surface area contributed by atoms with Crippen molar-refractivity contribution in [3.8, 4) is 0 Å². The average Bonchev–Trinajstić information content (AvgIpc) is 2.57. The van der Waals surface area contributed by atoms with Crippen LogP contribution in [0.25, 0.3) is 0 Å². The van der Waals surface area contributed by atoms with Crippen LogP contribution in [0.4, 0.5) is 0 Å². The summed E-state index contributed by atoms with van der Waals surface area (Å²) in [6.45, 7) is 8.85. The Bertz CT molecular complexity index is 233. The van der Waals surface area contributed by atoms with Gasteiger partial charge in [-0.25, -0.2) is 0 Å². The lowest BCUT2D eigenvalue weighted by molar-refractivity contribution is -0.131. The molecule has 14 heavy (non-hydrogen) atoms. The summed E-state index contributed by atoms with van der Waals surface area (Å²) in [7, 11) is 0. The standard InChI is InChI=1S/C12H21NO/c1-4-5-6-11(14)13-7-9-10(8-13)12(9,2)3/h9-10H,4-8H2,1-3H3. The predicted octanol–water partition coefficient (Wildman–Crippen LogP) is 2.29. The summed E-state index contributed by atoms with van der Waals surface area (Å²) in [4.78, 5) is 13.8. The number of nitrogens with zero attached hydrogens (tertiary/aromatic N) is 1. The van der Waals surface area contributed by atoms with Crippen molar-refractivity contribution in [3.63, 3.8) is 0 Å². The molecule has 0 aromatic heterocycles. The van der Waals surface area contributed by atoms with E-state index in [0.717, 1.165) is 44.2 Å². The van der Waals surface area contributed by atoms with Gasteiger partial charge < -0.3 is 4.90 Å². The van der Waals surface area contributed by atoms with Gasteiger partial charge in [0, 0.05) is 19.5 Å². The van der Waals surface area contributed by atoms with Crippen LogP contribution in [0.3, 0.4) is 0 Å². The van der Waals surface area contributed by atoms with Gasteiger partial charge in [0.1, 0.15) is 0 Å². The molecule has 1 saturated heterocycles. The quantitative estimate of drug-likeness (QED) is 0.676. The Hall–Kier alpha value is -0.530. The van der Waals surface area contributed by atoms with E-state index >= 15 is 0 Å². The SMILES string of the molecule is CCCCC(=O)N1CC2C(C1)C2(C)C. The molecule has 0 spiro atoms. The van der Waals surface area contributed by atoms with Crippen molar-refractivity contribution in [2.45, 2.75) is 40.0 Å². The smallest absolute Gasteiger partial charge is 0.222 e. The lowest BCUT2D eigenvalue weighted by Crippen LogP contribution is -2.32. The predicted molar refractivity (Wildman–Crippen MR) is 56.9 cm³/mol. The Morgan fingerprint density at radius 3 is 2.43 bits per heavy atom. The molecule has 2 unspecified atom stereocenters. The van der Waals surface area contributed by atoms with Gasteiger partial charge in [-0.2, -0.15) is 0 Å². The van der Waals surface area contributed by atoms with Crippen molar-refractivity contribution < 1.29 is 4.79 Å². The van der Waals surface area contributed by atoms with E-state index in [-0.39, 0.29) is 0 Å². The van der Waals surface area contributed by atoms with Gasteiger partial charge in [0.2, 0.25) is 5.91 Å². The van der Waals surface area contributed by atoms with Crippen molar-refractivity contribution in [2.24, 2.45) is 17.3 Å².